The monoisotopic (exact) mass is 309 g/mol. The van der Waals surface area contributed by atoms with Crippen molar-refractivity contribution in [2.45, 2.75) is 6.92 Å². The SMILES string of the molecule is COC(=O)c1cc(NC(=O)c2sc(N)nc2C)ccc1F. The summed E-state index contributed by atoms with van der Waals surface area (Å²) in [5.74, 6) is -1.97. The lowest BCUT2D eigenvalue weighted by Gasteiger charge is -2.07. The Hall–Kier alpha value is -2.48. The molecule has 1 aromatic heterocycles. The van der Waals surface area contributed by atoms with E-state index in [0.29, 0.717) is 10.6 Å². The number of rotatable bonds is 3. The number of carbonyl (C=O) groups excluding carboxylic acids is 2. The van der Waals surface area contributed by atoms with Gasteiger partial charge in [0.05, 0.1) is 18.4 Å². The van der Waals surface area contributed by atoms with Gasteiger partial charge in [-0.3, -0.25) is 4.79 Å². The number of halogens is 1. The van der Waals surface area contributed by atoms with Gasteiger partial charge in [-0.25, -0.2) is 14.2 Å². The number of methoxy groups -OCH3 is 1. The van der Waals surface area contributed by atoms with E-state index in [2.05, 4.69) is 15.0 Å². The van der Waals surface area contributed by atoms with Gasteiger partial charge in [0.25, 0.3) is 5.91 Å². The maximum atomic E-state index is 13.5. The average molecular weight is 309 g/mol. The predicted octanol–water partition coefficient (Wildman–Crippen LogP) is 2.21. The molecule has 21 heavy (non-hydrogen) atoms. The van der Waals surface area contributed by atoms with Gasteiger partial charge >= 0.3 is 5.97 Å². The van der Waals surface area contributed by atoms with Gasteiger partial charge in [0.15, 0.2) is 5.13 Å². The molecule has 0 bridgehead atoms. The third kappa shape index (κ3) is 3.16. The van der Waals surface area contributed by atoms with E-state index < -0.39 is 17.7 Å². The molecule has 0 aliphatic heterocycles. The van der Waals surface area contributed by atoms with Crippen molar-refractivity contribution in [2.75, 3.05) is 18.2 Å². The summed E-state index contributed by atoms with van der Waals surface area (Å²) in [6.07, 6.45) is 0. The van der Waals surface area contributed by atoms with E-state index in [0.717, 1.165) is 24.5 Å². The zero-order valence-electron chi connectivity index (χ0n) is 11.3. The van der Waals surface area contributed by atoms with E-state index in [4.69, 9.17) is 5.73 Å². The molecule has 2 rings (SSSR count). The van der Waals surface area contributed by atoms with Crippen LogP contribution in [0.3, 0.4) is 0 Å². The van der Waals surface area contributed by atoms with E-state index in [9.17, 15) is 14.0 Å². The van der Waals surface area contributed by atoms with Gasteiger partial charge in [0.2, 0.25) is 0 Å². The maximum Gasteiger partial charge on any atom is 0.340 e. The predicted molar refractivity (Wildman–Crippen MR) is 77.0 cm³/mol. The van der Waals surface area contributed by atoms with Crippen molar-refractivity contribution in [3.8, 4) is 0 Å². The molecule has 0 saturated heterocycles. The van der Waals surface area contributed by atoms with Crippen LogP contribution in [0.15, 0.2) is 18.2 Å². The summed E-state index contributed by atoms with van der Waals surface area (Å²) < 4.78 is 18.0. The highest BCUT2D eigenvalue weighted by Crippen LogP contribution is 2.22. The first-order valence-corrected chi connectivity index (χ1v) is 6.66. The fourth-order valence-corrected chi connectivity index (χ4v) is 2.41. The number of nitrogens with two attached hydrogens (primary N) is 1. The largest absolute Gasteiger partial charge is 0.465 e. The molecular formula is C13H12FN3O3S. The van der Waals surface area contributed by atoms with Crippen LogP contribution < -0.4 is 11.1 Å². The highest BCUT2D eigenvalue weighted by Gasteiger charge is 2.17. The molecule has 8 heteroatoms. The van der Waals surface area contributed by atoms with E-state index in [1.54, 1.807) is 6.92 Å². The quantitative estimate of drug-likeness (QED) is 0.848. The van der Waals surface area contributed by atoms with Gasteiger partial charge in [-0.1, -0.05) is 11.3 Å². The fraction of sp³-hybridized carbons (Fsp3) is 0.154. The first-order valence-electron chi connectivity index (χ1n) is 5.84. The number of hydrogen-bond donors (Lipinski definition) is 2. The molecule has 0 spiro atoms. The molecule has 110 valence electrons. The molecule has 1 heterocycles. The number of aryl methyl sites for hydroxylation is 1. The van der Waals surface area contributed by atoms with E-state index in [1.165, 1.54) is 12.1 Å². The van der Waals surface area contributed by atoms with Crippen molar-refractivity contribution in [1.29, 1.82) is 0 Å². The standard InChI is InChI=1S/C13H12FN3O3S/c1-6-10(21-13(15)16-6)11(18)17-7-3-4-9(14)8(5-7)12(19)20-2/h3-5H,1-2H3,(H2,15,16)(H,17,18). The summed E-state index contributed by atoms with van der Waals surface area (Å²) in [5, 5.41) is 2.84. The molecule has 0 atom stereocenters. The number of nitrogens with one attached hydrogen (secondary N) is 1. The highest BCUT2D eigenvalue weighted by atomic mass is 32.1. The number of nitrogens with zero attached hydrogens (tertiary/aromatic N) is 1. The fourth-order valence-electron chi connectivity index (χ4n) is 1.69. The smallest absolute Gasteiger partial charge is 0.340 e. The number of thiazole rings is 1. The Morgan fingerprint density at radius 2 is 2.14 bits per heavy atom. The summed E-state index contributed by atoms with van der Waals surface area (Å²) in [5.41, 5.74) is 6.05. The summed E-state index contributed by atoms with van der Waals surface area (Å²) in [6, 6.07) is 3.63. The second-order valence-electron chi connectivity index (χ2n) is 4.11. The summed E-state index contributed by atoms with van der Waals surface area (Å²) in [7, 11) is 1.15. The van der Waals surface area contributed by atoms with Crippen LogP contribution in [0.4, 0.5) is 15.2 Å². The molecule has 0 aliphatic carbocycles. The van der Waals surface area contributed by atoms with Gasteiger partial charge < -0.3 is 15.8 Å². The van der Waals surface area contributed by atoms with Crippen LogP contribution in [0.5, 0.6) is 0 Å². The first kappa shape index (κ1) is 14.9. The summed E-state index contributed by atoms with van der Waals surface area (Å²) in [4.78, 5) is 27.8. The van der Waals surface area contributed by atoms with E-state index in [1.807, 2.05) is 0 Å². The molecule has 1 amide bonds. The Labute approximate surface area is 123 Å². The minimum atomic E-state index is -0.818. The molecule has 6 nitrogen and oxygen atoms in total. The van der Waals surface area contributed by atoms with Crippen LogP contribution in [0.1, 0.15) is 25.7 Å². The Morgan fingerprint density at radius 3 is 2.71 bits per heavy atom. The number of hydrogen-bond acceptors (Lipinski definition) is 6. The number of benzene rings is 1. The second kappa shape index (κ2) is 5.88. The van der Waals surface area contributed by atoms with Crippen LogP contribution in [0.25, 0.3) is 0 Å². The van der Waals surface area contributed by atoms with Crippen LogP contribution in [0, 0.1) is 12.7 Å². The van der Waals surface area contributed by atoms with Crippen molar-refractivity contribution >= 4 is 34.0 Å². The third-order valence-corrected chi connectivity index (χ3v) is 3.63. The number of ether oxygens (including phenoxy) is 1. The first-order chi connectivity index (χ1) is 9.92. The molecule has 2 aromatic rings. The van der Waals surface area contributed by atoms with Gasteiger partial charge in [-0.05, 0) is 25.1 Å². The Balaban J connectivity index is 2.26. The van der Waals surface area contributed by atoms with Crippen molar-refractivity contribution < 1.29 is 18.7 Å². The third-order valence-electron chi connectivity index (χ3n) is 2.65. The van der Waals surface area contributed by atoms with Gasteiger partial charge in [0.1, 0.15) is 10.7 Å². The molecule has 3 N–H and O–H groups in total. The normalized spacial score (nSPS) is 10.2. The van der Waals surface area contributed by atoms with Crippen molar-refractivity contribution in [2.24, 2.45) is 0 Å². The molecule has 0 unspecified atom stereocenters. The summed E-state index contributed by atoms with van der Waals surface area (Å²) >= 11 is 1.05. The second-order valence-corrected chi connectivity index (χ2v) is 5.14. The van der Waals surface area contributed by atoms with Crippen molar-refractivity contribution in [3.05, 3.63) is 40.2 Å². The van der Waals surface area contributed by atoms with Crippen LogP contribution >= 0.6 is 11.3 Å². The highest BCUT2D eigenvalue weighted by molar-refractivity contribution is 7.17. The van der Waals surface area contributed by atoms with Crippen LogP contribution in [-0.4, -0.2) is 24.0 Å². The van der Waals surface area contributed by atoms with Crippen molar-refractivity contribution in [1.82, 2.24) is 4.98 Å². The molecule has 0 radical (unpaired) electrons. The number of aromatic nitrogens is 1. The van der Waals surface area contributed by atoms with Crippen LogP contribution in [0.2, 0.25) is 0 Å². The minimum absolute atomic E-state index is 0.254. The van der Waals surface area contributed by atoms with Crippen molar-refractivity contribution in [3.63, 3.8) is 0 Å². The lowest BCUT2D eigenvalue weighted by molar-refractivity contribution is 0.0595. The number of amides is 1. The Bertz CT molecular complexity index is 715. The number of esters is 1. The number of nitrogen functional groups attached to an aromatic ring is 1. The molecule has 0 aliphatic rings. The topological polar surface area (TPSA) is 94.3 Å². The average Bonchev–Trinajstić information content (AvgIpc) is 2.79. The van der Waals surface area contributed by atoms with E-state index in [-0.39, 0.29) is 16.4 Å². The maximum absolute atomic E-state index is 13.5. The minimum Gasteiger partial charge on any atom is -0.465 e. The van der Waals surface area contributed by atoms with E-state index >= 15 is 0 Å². The van der Waals surface area contributed by atoms with Gasteiger partial charge in [0, 0.05) is 5.69 Å². The zero-order chi connectivity index (χ0) is 15.6. The zero-order valence-corrected chi connectivity index (χ0v) is 12.1. The number of anilines is 2. The molecule has 0 saturated carbocycles. The molecule has 0 fully saturated rings. The van der Waals surface area contributed by atoms with Gasteiger partial charge in [-0.2, -0.15) is 0 Å². The Morgan fingerprint density at radius 1 is 1.43 bits per heavy atom. The molecular weight excluding hydrogens is 297 g/mol. The number of carbonyl (C=O) groups is 2. The summed E-state index contributed by atoms with van der Waals surface area (Å²) in [6.45, 7) is 1.66. The van der Waals surface area contributed by atoms with Gasteiger partial charge in [-0.15, -0.1) is 0 Å². The lowest BCUT2D eigenvalue weighted by atomic mass is 10.2. The molecule has 1 aromatic carbocycles. The van der Waals surface area contributed by atoms with Crippen LogP contribution in [-0.2, 0) is 4.74 Å². The Kier molecular flexibility index (Phi) is 4.18. The lowest BCUT2D eigenvalue weighted by Crippen LogP contribution is -2.13.